The van der Waals surface area contributed by atoms with Crippen molar-refractivity contribution in [3.8, 4) is 94.7 Å². The molecular weight excluding hydrogens is 857 g/mol. The number of allylic oxidation sites excluding steroid dienone is 4. The summed E-state index contributed by atoms with van der Waals surface area (Å²) in [6.07, 6.45) is 19.5. The minimum absolute atomic E-state index is 0.181. The van der Waals surface area contributed by atoms with Crippen LogP contribution < -0.4 is 21.3 Å². The molecule has 0 atom stereocenters. The summed E-state index contributed by atoms with van der Waals surface area (Å²) in [5.74, 6) is 44.5. The van der Waals surface area contributed by atoms with Gasteiger partial charge in [-0.05, 0) is 73.0 Å². The molecular formula is C56H68N4O8. The average molecular weight is 925 g/mol. The van der Waals surface area contributed by atoms with Crippen LogP contribution in [0, 0.1) is 94.7 Å². The first-order valence-corrected chi connectivity index (χ1v) is 23.8. The van der Waals surface area contributed by atoms with Crippen molar-refractivity contribution in [1.29, 1.82) is 0 Å². The third-order valence-corrected chi connectivity index (χ3v) is 9.05. The van der Waals surface area contributed by atoms with E-state index in [4.69, 9.17) is 18.9 Å². The minimum Gasteiger partial charge on any atom is -0.444 e. The first-order valence-electron chi connectivity index (χ1n) is 23.8. The average Bonchev–Trinajstić information content (AvgIpc) is 3.33. The Balaban J connectivity index is 3.60. The fourth-order valence-electron chi connectivity index (χ4n) is 5.28. The second kappa shape index (κ2) is 43.4. The highest BCUT2D eigenvalue weighted by molar-refractivity contribution is 5.69. The van der Waals surface area contributed by atoms with Gasteiger partial charge in [0.2, 0.25) is 0 Å². The van der Waals surface area contributed by atoms with Gasteiger partial charge in [-0.25, -0.2) is 19.2 Å². The highest BCUT2D eigenvalue weighted by atomic mass is 16.6. The summed E-state index contributed by atoms with van der Waals surface area (Å²) in [5.41, 5.74) is 1.39. The summed E-state index contributed by atoms with van der Waals surface area (Å²) in [7, 11) is 0. The summed E-state index contributed by atoms with van der Waals surface area (Å²) in [6.45, 7) is 9.68. The normalized spacial score (nSPS) is 14.5. The molecule has 360 valence electrons. The standard InChI is InChI=1S/C56H68N4O8/c1-5-9-13-29-41-57-53(61)65-45-49-33-21-17-18-22-34-51(47-67-55(63)59-43-31-15-11-7-3)39-27-28-40-52(48-68-56(64)60-44-32-16-12-8-4)36-24-20-19-23-35-50(38-26-25-37-49)46-66-54(62)58-42-30-14-10-6-2/h33-36H,5-16,29-32,41-48H2,1-4H3,(H,57,61)(H,58,62)(H,59,63)(H,60,64)/b49-33-,50-35+,51-34+,52-36+. The molecule has 0 unspecified atom stereocenters. The quantitative estimate of drug-likeness (QED) is 0.0345. The molecule has 0 fully saturated rings. The Morgan fingerprint density at radius 1 is 0.338 bits per heavy atom. The lowest BCUT2D eigenvalue weighted by Crippen LogP contribution is -2.26. The van der Waals surface area contributed by atoms with Crippen molar-refractivity contribution < 1.29 is 38.1 Å². The Morgan fingerprint density at radius 3 is 0.765 bits per heavy atom. The van der Waals surface area contributed by atoms with Crippen LogP contribution in [0.4, 0.5) is 19.2 Å². The van der Waals surface area contributed by atoms with Gasteiger partial charge < -0.3 is 40.2 Å². The van der Waals surface area contributed by atoms with E-state index in [1.54, 1.807) is 0 Å². The molecule has 0 saturated carbocycles. The maximum atomic E-state index is 12.4. The summed E-state index contributed by atoms with van der Waals surface area (Å²) in [6, 6.07) is 0. The van der Waals surface area contributed by atoms with Crippen molar-refractivity contribution in [2.24, 2.45) is 0 Å². The van der Waals surface area contributed by atoms with Crippen molar-refractivity contribution in [3.05, 3.63) is 46.6 Å². The molecule has 68 heavy (non-hydrogen) atoms. The summed E-state index contributed by atoms with van der Waals surface area (Å²) >= 11 is 0. The van der Waals surface area contributed by atoms with Gasteiger partial charge in [-0.3, -0.25) is 0 Å². The van der Waals surface area contributed by atoms with Gasteiger partial charge in [-0.1, -0.05) is 152 Å². The number of hydrogen-bond donors (Lipinski definition) is 4. The van der Waals surface area contributed by atoms with Crippen molar-refractivity contribution in [2.45, 2.75) is 130 Å². The lowest BCUT2D eigenvalue weighted by atomic mass is 10.2. The van der Waals surface area contributed by atoms with Crippen LogP contribution in [-0.4, -0.2) is 77.0 Å². The molecule has 0 aromatic rings. The van der Waals surface area contributed by atoms with Gasteiger partial charge in [-0.2, -0.15) is 0 Å². The van der Waals surface area contributed by atoms with Crippen LogP contribution >= 0.6 is 0 Å². The third-order valence-electron chi connectivity index (χ3n) is 9.05. The van der Waals surface area contributed by atoms with E-state index in [1.165, 1.54) is 24.3 Å². The Hall–Kier alpha value is -7.48. The van der Waals surface area contributed by atoms with Gasteiger partial charge in [0, 0.05) is 72.8 Å². The Labute approximate surface area is 406 Å². The fourth-order valence-corrected chi connectivity index (χ4v) is 5.28. The lowest BCUT2D eigenvalue weighted by molar-refractivity contribution is 0.155. The van der Waals surface area contributed by atoms with E-state index < -0.39 is 24.4 Å². The number of carbonyl (C=O) groups is 4. The van der Waals surface area contributed by atoms with Crippen LogP contribution in [0.2, 0.25) is 0 Å². The predicted molar refractivity (Wildman–Crippen MR) is 269 cm³/mol. The number of unbranched alkanes of at least 4 members (excludes halogenated alkanes) is 12. The third kappa shape index (κ3) is 36.8. The molecule has 4 amide bonds. The summed E-state index contributed by atoms with van der Waals surface area (Å²) < 4.78 is 21.6. The van der Waals surface area contributed by atoms with Gasteiger partial charge in [-0.15, -0.1) is 0 Å². The minimum atomic E-state index is -0.591. The molecule has 0 heterocycles. The van der Waals surface area contributed by atoms with Gasteiger partial charge in [0.25, 0.3) is 0 Å². The zero-order valence-electron chi connectivity index (χ0n) is 40.5. The topological polar surface area (TPSA) is 153 Å². The number of alkyl carbamates (subject to hydrolysis) is 4. The number of ether oxygens (including phenoxy) is 4. The van der Waals surface area contributed by atoms with Crippen molar-refractivity contribution in [1.82, 2.24) is 21.3 Å². The molecule has 4 N–H and O–H groups in total. The molecule has 1 aliphatic rings. The maximum absolute atomic E-state index is 12.4. The smallest absolute Gasteiger partial charge is 0.407 e. The highest BCUT2D eigenvalue weighted by Crippen LogP contribution is 2.03. The second-order valence-electron chi connectivity index (χ2n) is 15.0. The van der Waals surface area contributed by atoms with E-state index >= 15 is 0 Å². The van der Waals surface area contributed by atoms with E-state index in [2.05, 4.69) is 144 Å². The zero-order chi connectivity index (χ0) is 49.4. The van der Waals surface area contributed by atoms with Crippen LogP contribution in [0.5, 0.6) is 0 Å². The van der Waals surface area contributed by atoms with Gasteiger partial charge in [0.1, 0.15) is 26.4 Å². The predicted octanol–water partition coefficient (Wildman–Crippen LogP) is 8.96. The van der Waals surface area contributed by atoms with E-state index in [0.29, 0.717) is 48.5 Å². The molecule has 0 aliphatic heterocycles. The van der Waals surface area contributed by atoms with E-state index in [-0.39, 0.29) is 26.4 Å². The molecule has 0 bridgehead atoms. The molecule has 0 spiro atoms. The fraction of sp³-hybridized carbons (Fsp3) is 0.500. The van der Waals surface area contributed by atoms with Crippen LogP contribution in [0.1, 0.15) is 130 Å². The highest BCUT2D eigenvalue weighted by Gasteiger charge is 2.06. The molecule has 0 aromatic heterocycles. The van der Waals surface area contributed by atoms with Crippen molar-refractivity contribution in [2.75, 3.05) is 52.6 Å². The van der Waals surface area contributed by atoms with Crippen LogP contribution in [0.15, 0.2) is 46.6 Å². The Kier molecular flexibility index (Phi) is 37.4. The van der Waals surface area contributed by atoms with Crippen LogP contribution in [0.25, 0.3) is 0 Å². The number of hydrogen-bond acceptors (Lipinski definition) is 8. The first kappa shape index (κ1) is 58.5. The zero-order valence-corrected chi connectivity index (χ0v) is 40.5. The molecule has 12 heteroatoms. The van der Waals surface area contributed by atoms with Crippen molar-refractivity contribution >= 4 is 24.4 Å². The number of carbonyl (C=O) groups excluding carboxylic acids is 4. The van der Waals surface area contributed by atoms with Gasteiger partial charge >= 0.3 is 24.4 Å². The summed E-state index contributed by atoms with van der Waals surface area (Å²) in [4.78, 5) is 49.7. The maximum Gasteiger partial charge on any atom is 0.407 e. The number of amides is 4. The Morgan fingerprint density at radius 2 is 0.559 bits per heavy atom. The largest absolute Gasteiger partial charge is 0.444 e. The van der Waals surface area contributed by atoms with Crippen molar-refractivity contribution in [3.63, 3.8) is 0 Å². The monoisotopic (exact) mass is 925 g/mol. The SMILES string of the molecule is CCCCCCNC(=O)OC/C1=C\C#CC#C/C=C(/COC(=O)NCCCCCC)C#CC#C/C(COC(=O)NCCCCCC)=C\C#CC#C/C=C(/COC(=O)NCCCCCC)C#CC#C1. The molecule has 1 aliphatic carbocycles. The van der Waals surface area contributed by atoms with Crippen LogP contribution in [0.3, 0.4) is 0 Å². The molecule has 12 nitrogen and oxygen atoms in total. The number of nitrogens with one attached hydrogen (secondary N) is 4. The molecule has 0 saturated heterocycles. The van der Waals surface area contributed by atoms with E-state index in [9.17, 15) is 19.2 Å². The van der Waals surface area contributed by atoms with E-state index in [1.807, 2.05) is 0 Å². The van der Waals surface area contributed by atoms with E-state index in [0.717, 1.165) is 103 Å². The molecule has 0 aromatic carbocycles. The first-order chi connectivity index (χ1) is 33.3. The van der Waals surface area contributed by atoms with Gasteiger partial charge in [0.15, 0.2) is 0 Å². The molecule has 0 radical (unpaired) electrons. The lowest BCUT2D eigenvalue weighted by Gasteiger charge is -2.06. The van der Waals surface area contributed by atoms with Gasteiger partial charge in [0.05, 0.1) is 0 Å². The Bertz CT molecular complexity index is 1930. The number of rotatable bonds is 28. The van der Waals surface area contributed by atoms with Crippen LogP contribution in [-0.2, 0) is 18.9 Å². The summed E-state index contributed by atoms with van der Waals surface area (Å²) in [5, 5.41) is 11.0. The second-order valence-corrected chi connectivity index (χ2v) is 15.0. The molecule has 1 rings (SSSR count).